The lowest BCUT2D eigenvalue weighted by Gasteiger charge is -2.38. The number of rotatable bonds is 9. The first kappa shape index (κ1) is 36.7. The number of hydrogen-bond donors (Lipinski definition) is 1. The van der Waals surface area contributed by atoms with Crippen molar-refractivity contribution in [2.24, 2.45) is 13.0 Å². The van der Waals surface area contributed by atoms with Crippen molar-refractivity contribution in [1.82, 2.24) is 24.3 Å². The summed E-state index contributed by atoms with van der Waals surface area (Å²) in [5.41, 5.74) is 8.45. The van der Waals surface area contributed by atoms with Crippen LogP contribution in [0.25, 0.3) is 22.4 Å². The first-order chi connectivity index (χ1) is 26.2. The molecule has 4 aromatic rings. The van der Waals surface area contributed by atoms with E-state index in [1.165, 1.54) is 0 Å². The van der Waals surface area contributed by atoms with Gasteiger partial charge in [0.1, 0.15) is 0 Å². The number of benzene rings is 2. The number of pyridine rings is 1. The van der Waals surface area contributed by atoms with Crippen LogP contribution in [0.15, 0.2) is 48.5 Å². The number of ether oxygens (including phenoxy) is 2. The van der Waals surface area contributed by atoms with Gasteiger partial charge in [0.25, 0.3) is 5.91 Å². The number of methoxy groups -OCH3 is 1. The van der Waals surface area contributed by atoms with Gasteiger partial charge in [0.05, 0.1) is 42.1 Å². The van der Waals surface area contributed by atoms with Gasteiger partial charge in [0, 0.05) is 86.9 Å². The fourth-order valence-corrected chi connectivity index (χ4v) is 9.38. The van der Waals surface area contributed by atoms with E-state index >= 15 is 0 Å². The lowest BCUT2D eigenvalue weighted by Crippen LogP contribution is -2.42. The number of likely N-dealkylation sites (tertiary alicyclic amines) is 1. The number of β-amino-alcohol motifs (C(OH)–C–C–N with tert-alkyl or cyclic N) is 1. The molecule has 2 aromatic heterocycles. The quantitative estimate of drug-likeness (QED) is 0.204. The highest BCUT2D eigenvalue weighted by atomic mass is 35.5. The summed E-state index contributed by atoms with van der Waals surface area (Å²) < 4.78 is 13.0. The summed E-state index contributed by atoms with van der Waals surface area (Å²) in [6.45, 7) is 6.63. The van der Waals surface area contributed by atoms with Crippen LogP contribution in [0.1, 0.15) is 72.2 Å². The molecule has 1 aliphatic carbocycles. The van der Waals surface area contributed by atoms with Gasteiger partial charge in [-0.05, 0) is 68.7 Å². The van der Waals surface area contributed by atoms with Crippen molar-refractivity contribution in [2.45, 2.75) is 77.1 Å². The maximum absolute atomic E-state index is 14.3. The Hall–Kier alpha value is -4.29. The second kappa shape index (κ2) is 15.5. The topological polar surface area (TPSA) is 113 Å². The lowest BCUT2D eigenvalue weighted by atomic mass is 9.85. The molecule has 3 aliphatic heterocycles. The molecule has 284 valence electrons. The SMILES string of the molecule is CCOC(=O)C1CCC(N2CCc3c(nc(C(=O)N4CCc5c(-c6cccc(-c7ccc(CN8CC[C@@H](O)C8)c(OC)n7)c6Cl)cccc54)n3C)C2)CC1. The molecular weight excluding hydrogens is 704 g/mol. The second-order valence-electron chi connectivity index (χ2n) is 15.1. The number of nitrogens with zero attached hydrogens (tertiary/aromatic N) is 6. The molecule has 5 heterocycles. The first-order valence-corrected chi connectivity index (χ1v) is 19.7. The number of hydrogen-bond acceptors (Lipinski definition) is 9. The number of carbonyl (C=O) groups excluding carboxylic acids is 2. The normalized spacial score (nSPS) is 21.6. The molecule has 0 radical (unpaired) electrons. The molecule has 8 rings (SSSR count). The average molecular weight is 753 g/mol. The van der Waals surface area contributed by atoms with Crippen LogP contribution >= 0.6 is 11.6 Å². The third kappa shape index (κ3) is 6.91. The molecule has 2 fully saturated rings. The van der Waals surface area contributed by atoms with Crippen molar-refractivity contribution < 1.29 is 24.2 Å². The van der Waals surface area contributed by atoms with Gasteiger partial charge in [0.15, 0.2) is 5.82 Å². The van der Waals surface area contributed by atoms with Crippen molar-refractivity contribution in [3.05, 3.63) is 81.9 Å². The van der Waals surface area contributed by atoms with Crippen molar-refractivity contribution in [2.75, 3.05) is 44.8 Å². The van der Waals surface area contributed by atoms with Crippen LogP contribution in [-0.2, 0) is 42.5 Å². The van der Waals surface area contributed by atoms with Gasteiger partial charge in [-0.15, -0.1) is 0 Å². The number of aliphatic hydroxyl groups excluding tert-OH is 1. The fraction of sp³-hybridized carbons (Fsp3) is 0.476. The first-order valence-electron chi connectivity index (χ1n) is 19.4. The highest BCUT2D eigenvalue weighted by Gasteiger charge is 2.36. The van der Waals surface area contributed by atoms with E-state index < -0.39 is 0 Å². The molecule has 1 saturated heterocycles. The third-order valence-electron chi connectivity index (χ3n) is 11.9. The average Bonchev–Trinajstić information content (AvgIpc) is 3.91. The van der Waals surface area contributed by atoms with Gasteiger partial charge in [-0.3, -0.25) is 19.4 Å². The number of carbonyl (C=O) groups is 2. The molecule has 1 saturated carbocycles. The fourth-order valence-electron chi connectivity index (χ4n) is 9.06. The summed E-state index contributed by atoms with van der Waals surface area (Å²) in [5.74, 6) is 0.865. The summed E-state index contributed by atoms with van der Waals surface area (Å²) in [6, 6.07) is 16.5. The predicted molar refractivity (Wildman–Crippen MR) is 208 cm³/mol. The minimum Gasteiger partial charge on any atom is -0.481 e. The Morgan fingerprint density at radius 3 is 2.46 bits per heavy atom. The molecule has 0 bridgehead atoms. The Morgan fingerprint density at radius 2 is 1.70 bits per heavy atom. The molecule has 4 aliphatic rings. The number of amides is 1. The largest absolute Gasteiger partial charge is 0.481 e. The number of aliphatic hydroxyl groups is 1. The summed E-state index contributed by atoms with van der Waals surface area (Å²) in [6.07, 6.45) is 5.69. The van der Waals surface area contributed by atoms with E-state index in [1.807, 2.05) is 65.9 Å². The van der Waals surface area contributed by atoms with Gasteiger partial charge in [-0.25, -0.2) is 9.97 Å². The number of aromatic nitrogens is 3. The third-order valence-corrected chi connectivity index (χ3v) is 12.3. The van der Waals surface area contributed by atoms with Crippen molar-refractivity contribution in [3.63, 3.8) is 0 Å². The summed E-state index contributed by atoms with van der Waals surface area (Å²) in [4.78, 5) is 43.0. The van der Waals surface area contributed by atoms with Crippen LogP contribution < -0.4 is 9.64 Å². The zero-order chi connectivity index (χ0) is 37.5. The Bertz CT molecular complexity index is 2060. The van der Waals surface area contributed by atoms with Crippen LogP contribution in [0.5, 0.6) is 5.88 Å². The van der Waals surface area contributed by atoms with Gasteiger partial charge in [0.2, 0.25) is 5.88 Å². The smallest absolute Gasteiger partial charge is 0.308 e. The Balaban J connectivity index is 0.999. The van der Waals surface area contributed by atoms with E-state index in [2.05, 4.69) is 15.9 Å². The van der Waals surface area contributed by atoms with E-state index in [-0.39, 0.29) is 23.9 Å². The Kier molecular flexibility index (Phi) is 10.5. The maximum atomic E-state index is 14.3. The number of fused-ring (bicyclic) bond motifs is 2. The van der Waals surface area contributed by atoms with E-state index in [9.17, 15) is 14.7 Å². The molecule has 54 heavy (non-hydrogen) atoms. The standard InChI is InChI=1S/C42H49ClN6O5/c1-4-54-42(52)26-11-14-28(15-12-26)48-21-19-37-35(25-48)44-39(46(37)2)41(51)49-22-18-31-30(7-6-10-36(31)49)32-8-5-9-33(38(32)43)34-16-13-27(40(45-34)53-3)23-47-20-17-29(50)24-47/h5-10,13,16,26,28-29,50H,4,11-12,14-15,17-25H2,1-3H3/t26?,28?,29-/m1/s1. The minimum atomic E-state index is -0.288. The highest BCUT2D eigenvalue weighted by Crippen LogP contribution is 2.43. The zero-order valence-electron chi connectivity index (χ0n) is 31.4. The summed E-state index contributed by atoms with van der Waals surface area (Å²) in [7, 11) is 3.59. The van der Waals surface area contributed by atoms with Gasteiger partial charge < -0.3 is 24.0 Å². The molecule has 0 spiro atoms. The number of halogens is 1. The molecule has 1 atom stereocenters. The van der Waals surface area contributed by atoms with Crippen LogP contribution in [0.2, 0.25) is 5.02 Å². The van der Waals surface area contributed by atoms with Crippen molar-refractivity contribution in [3.8, 4) is 28.3 Å². The van der Waals surface area contributed by atoms with Gasteiger partial charge >= 0.3 is 5.97 Å². The summed E-state index contributed by atoms with van der Waals surface area (Å²) >= 11 is 7.21. The second-order valence-corrected chi connectivity index (χ2v) is 15.5. The molecule has 1 N–H and O–H groups in total. The predicted octanol–water partition coefficient (Wildman–Crippen LogP) is 6.06. The Labute approximate surface area is 321 Å². The van der Waals surface area contributed by atoms with Crippen LogP contribution in [0.4, 0.5) is 5.69 Å². The van der Waals surface area contributed by atoms with Crippen LogP contribution in [0, 0.1) is 5.92 Å². The van der Waals surface area contributed by atoms with E-state index in [1.54, 1.807) is 7.11 Å². The highest BCUT2D eigenvalue weighted by molar-refractivity contribution is 6.36. The monoisotopic (exact) mass is 752 g/mol. The molecule has 0 unspecified atom stereocenters. The lowest BCUT2D eigenvalue weighted by molar-refractivity contribution is -0.149. The van der Waals surface area contributed by atoms with Gasteiger partial charge in [-0.1, -0.05) is 48.0 Å². The number of imidazole rings is 1. The van der Waals surface area contributed by atoms with E-state index in [4.69, 9.17) is 31.0 Å². The van der Waals surface area contributed by atoms with Crippen molar-refractivity contribution >= 4 is 29.2 Å². The van der Waals surface area contributed by atoms with E-state index in [0.29, 0.717) is 62.0 Å². The number of esters is 1. The van der Waals surface area contributed by atoms with Crippen LogP contribution in [-0.4, -0.2) is 93.4 Å². The van der Waals surface area contributed by atoms with E-state index in [0.717, 1.165) is 102 Å². The van der Waals surface area contributed by atoms with Gasteiger partial charge in [-0.2, -0.15) is 0 Å². The molecule has 12 heteroatoms. The minimum absolute atomic E-state index is 0.00476. The molecular formula is C42H49ClN6O5. The molecule has 1 amide bonds. The maximum Gasteiger partial charge on any atom is 0.308 e. The molecule has 11 nitrogen and oxygen atoms in total. The summed E-state index contributed by atoms with van der Waals surface area (Å²) in [5, 5.41) is 10.6. The van der Waals surface area contributed by atoms with Crippen molar-refractivity contribution in [1.29, 1.82) is 0 Å². The zero-order valence-corrected chi connectivity index (χ0v) is 32.1. The van der Waals surface area contributed by atoms with Crippen LogP contribution in [0.3, 0.4) is 0 Å². The number of anilines is 1. The molecule has 2 aromatic carbocycles. The Morgan fingerprint density at radius 1 is 0.926 bits per heavy atom.